The smallest absolute Gasteiger partial charge is 0.261 e. The minimum absolute atomic E-state index is 0.127. The van der Waals surface area contributed by atoms with Crippen molar-refractivity contribution in [1.82, 2.24) is 15.5 Å². The largest absolute Gasteiger partial charge is 0.345 e. The lowest BCUT2D eigenvalue weighted by Crippen LogP contribution is -2.25. The standard InChI is InChI=1S/C12H14N4O2S/c1-7(9-5-13-14-6-9)15-12(18)10-3-4-11(19-10)16-8(2)17/h3-7H,1-2H3,(H,13,14)(H,15,18)(H,16,17). The van der Waals surface area contributed by atoms with Crippen molar-refractivity contribution >= 4 is 28.2 Å². The first-order valence-electron chi connectivity index (χ1n) is 5.73. The summed E-state index contributed by atoms with van der Waals surface area (Å²) in [7, 11) is 0. The summed E-state index contributed by atoms with van der Waals surface area (Å²) in [5.74, 6) is -0.323. The molecular weight excluding hydrogens is 264 g/mol. The van der Waals surface area contributed by atoms with Crippen molar-refractivity contribution in [3.63, 3.8) is 0 Å². The molecule has 1 unspecified atom stereocenters. The molecule has 7 heteroatoms. The molecule has 0 bridgehead atoms. The van der Waals surface area contributed by atoms with Gasteiger partial charge in [-0.1, -0.05) is 0 Å². The Balaban J connectivity index is 2.00. The van der Waals surface area contributed by atoms with Crippen LogP contribution in [0.2, 0.25) is 0 Å². The molecule has 0 radical (unpaired) electrons. The van der Waals surface area contributed by atoms with Crippen LogP contribution in [0.15, 0.2) is 24.5 Å². The molecule has 0 aliphatic carbocycles. The number of carbonyl (C=O) groups is 2. The summed E-state index contributed by atoms with van der Waals surface area (Å²) in [6.45, 7) is 3.31. The van der Waals surface area contributed by atoms with Crippen LogP contribution in [-0.2, 0) is 4.79 Å². The van der Waals surface area contributed by atoms with E-state index in [1.807, 2.05) is 6.92 Å². The van der Waals surface area contributed by atoms with Gasteiger partial charge in [-0.2, -0.15) is 5.10 Å². The second-order valence-electron chi connectivity index (χ2n) is 4.07. The molecule has 2 aromatic rings. The van der Waals surface area contributed by atoms with E-state index in [1.54, 1.807) is 24.5 Å². The molecule has 0 saturated heterocycles. The number of carbonyl (C=O) groups excluding carboxylic acids is 2. The van der Waals surface area contributed by atoms with Gasteiger partial charge in [0.1, 0.15) is 0 Å². The van der Waals surface area contributed by atoms with E-state index in [9.17, 15) is 9.59 Å². The Labute approximate surface area is 114 Å². The first-order chi connectivity index (χ1) is 9.06. The van der Waals surface area contributed by atoms with Crippen molar-refractivity contribution < 1.29 is 9.59 Å². The molecule has 100 valence electrons. The molecule has 1 atom stereocenters. The van der Waals surface area contributed by atoms with Crippen LogP contribution in [0.4, 0.5) is 5.00 Å². The minimum atomic E-state index is -0.171. The fraction of sp³-hybridized carbons (Fsp3) is 0.250. The van der Waals surface area contributed by atoms with Gasteiger partial charge < -0.3 is 10.6 Å². The third-order valence-corrected chi connectivity index (χ3v) is 3.50. The number of nitrogens with zero attached hydrogens (tertiary/aromatic N) is 1. The molecule has 0 aromatic carbocycles. The number of amides is 2. The lowest BCUT2D eigenvalue weighted by atomic mass is 10.2. The Morgan fingerprint density at radius 1 is 1.42 bits per heavy atom. The van der Waals surface area contributed by atoms with Gasteiger partial charge in [0.05, 0.1) is 22.1 Å². The van der Waals surface area contributed by atoms with Crippen LogP contribution in [0.3, 0.4) is 0 Å². The molecule has 2 rings (SSSR count). The molecule has 19 heavy (non-hydrogen) atoms. The molecule has 2 aromatic heterocycles. The van der Waals surface area contributed by atoms with Gasteiger partial charge in [0.25, 0.3) is 5.91 Å². The van der Waals surface area contributed by atoms with Gasteiger partial charge in [-0.25, -0.2) is 0 Å². The zero-order chi connectivity index (χ0) is 13.8. The molecule has 2 amide bonds. The Hall–Kier alpha value is -2.15. The highest BCUT2D eigenvalue weighted by Crippen LogP contribution is 2.22. The number of aromatic nitrogens is 2. The predicted molar refractivity (Wildman–Crippen MR) is 73.1 cm³/mol. The average Bonchev–Trinajstić information content (AvgIpc) is 2.97. The summed E-state index contributed by atoms with van der Waals surface area (Å²) in [6, 6.07) is 3.27. The van der Waals surface area contributed by atoms with E-state index >= 15 is 0 Å². The van der Waals surface area contributed by atoms with Crippen molar-refractivity contribution in [3.05, 3.63) is 35.0 Å². The molecule has 0 saturated carbocycles. The molecule has 0 fully saturated rings. The van der Waals surface area contributed by atoms with Crippen molar-refractivity contribution in [2.45, 2.75) is 19.9 Å². The molecular formula is C12H14N4O2S. The quantitative estimate of drug-likeness (QED) is 0.798. The van der Waals surface area contributed by atoms with E-state index in [1.165, 1.54) is 18.3 Å². The Morgan fingerprint density at radius 3 is 2.84 bits per heavy atom. The zero-order valence-electron chi connectivity index (χ0n) is 10.6. The third kappa shape index (κ3) is 3.41. The fourth-order valence-corrected chi connectivity index (χ4v) is 2.40. The van der Waals surface area contributed by atoms with E-state index in [4.69, 9.17) is 0 Å². The molecule has 2 heterocycles. The topological polar surface area (TPSA) is 86.9 Å². The maximum atomic E-state index is 12.0. The van der Waals surface area contributed by atoms with Crippen molar-refractivity contribution in [2.75, 3.05) is 5.32 Å². The zero-order valence-corrected chi connectivity index (χ0v) is 11.4. The van der Waals surface area contributed by atoms with Crippen LogP contribution in [0, 0.1) is 0 Å². The van der Waals surface area contributed by atoms with Gasteiger partial charge in [0.2, 0.25) is 5.91 Å². The normalized spacial score (nSPS) is 11.9. The monoisotopic (exact) mass is 278 g/mol. The van der Waals surface area contributed by atoms with Crippen molar-refractivity contribution in [3.8, 4) is 0 Å². The van der Waals surface area contributed by atoms with E-state index in [0.717, 1.165) is 5.56 Å². The summed E-state index contributed by atoms with van der Waals surface area (Å²) in [5.41, 5.74) is 0.909. The number of anilines is 1. The Kier molecular flexibility index (Phi) is 3.96. The minimum Gasteiger partial charge on any atom is -0.345 e. The van der Waals surface area contributed by atoms with Gasteiger partial charge in [0.15, 0.2) is 0 Å². The second kappa shape index (κ2) is 5.66. The number of nitrogens with one attached hydrogen (secondary N) is 3. The van der Waals surface area contributed by atoms with Crippen LogP contribution in [-0.4, -0.2) is 22.0 Å². The number of aromatic amines is 1. The maximum Gasteiger partial charge on any atom is 0.261 e. The Bertz CT molecular complexity index is 576. The van der Waals surface area contributed by atoms with Crippen LogP contribution in [0.25, 0.3) is 0 Å². The average molecular weight is 278 g/mol. The number of hydrogen-bond donors (Lipinski definition) is 3. The number of thiophene rings is 1. The molecule has 6 nitrogen and oxygen atoms in total. The van der Waals surface area contributed by atoms with E-state index in [0.29, 0.717) is 9.88 Å². The number of H-pyrrole nitrogens is 1. The highest BCUT2D eigenvalue weighted by atomic mass is 32.1. The van der Waals surface area contributed by atoms with Crippen molar-refractivity contribution in [2.24, 2.45) is 0 Å². The fourth-order valence-electron chi connectivity index (χ4n) is 1.55. The summed E-state index contributed by atoms with van der Waals surface area (Å²) in [6.07, 6.45) is 3.41. The SMILES string of the molecule is CC(=O)Nc1ccc(C(=O)NC(C)c2cn[nH]c2)s1. The van der Waals surface area contributed by atoms with Gasteiger partial charge in [0, 0.05) is 18.7 Å². The first kappa shape index (κ1) is 13.3. The molecule has 0 aliphatic heterocycles. The second-order valence-corrected chi connectivity index (χ2v) is 5.16. The van der Waals surface area contributed by atoms with Gasteiger partial charge in [-0.3, -0.25) is 14.7 Å². The summed E-state index contributed by atoms with van der Waals surface area (Å²) < 4.78 is 0. The maximum absolute atomic E-state index is 12.0. The van der Waals surface area contributed by atoms with E-state index < -0.39 is 0 Å². The summed E-state index contributed by atoms with van der Waals surface area (Å²) in [4.78, 5) is 23.5. The van der Waals surface area contributed by atoms with Crippen LogP contribution in [0.1, 0.15) is 35.1 Å². The highest BCUT2D eigenvalue weighted by molar-refractivity contribution is 7.18. The van der Waals surface area contributed by atoms with Crippen molar-refractivity contribution in [1.29, 1.82) is 0 Å². The number of hydrogen-bond acceptors (Lipinski definition) is 4. The Morgan fingerprint density at radius 2 is 2.21 bits per heavy atom. The van der Waals surface area contributed by atoms with E-state index in [2.05, 4.69) is 20.8 Å². The van der Waals surface area contributed by atoms with Gasteiger partial charge >= 0.3 is 0 Å². The summed E-state index contributed by atoms with van der Waals surface area (Å²) >= 11 is 1.24. The van der Waals surface area contributed by atoms with Crippen LogP contribution in [0.5, 0.6) is 0 Å². The number of rotatable bonds is 4. The van der Waals surface area contributed by atoms with Gasteiger partial charge in [-0.15, -0.1) is 11.3 Å². The molecule has 3 N–H and O–H groups in total. The third-order valence-electron chi connectivity index (χ3n) is 2.50. The van der Waals surface area contributed by atoms with Crippen LogP contribution < -0.4 is 10.6 Å². The summed E-state index contributed by atoms with van der Waals surface area (Å²) in [5, 5.41) is 12.7. The predicted octanol–water partition coefficient (Wildman–Crippen LogP) is 1.92. The lowest BCUT2D eigenvalue weighted by Gasteiger charge is -2.10. The van der Waals surface area contributed by atoms with E-state index in [-0.39, 0.29) is 17.9 Å². The van der Waals surface area contributed by atoms with Gasteiger partial charge in [-0.05, 0) is 19.1 Å². The molecule has 0 spiro atoms. The lowest BCUT2D eigenvalue weighted by molar-refractivity contribution is -0.114. The molecule has 0 aliphatic rings. The van der Waals surface area contributed by atoms with Crippen LogP contribution >= 0.6 is 11.3 Å². The highest BCUT2D eigenvalue weighted by Gasteiger charge is 2.14. The first-order valence-corrected chi connectivity index (χ1v) is 6.55.